The molecule has 10 atom stereocenters. The Labute approximate surface area is 347 Å². The van der Waals surface area contributed by atoms with Gasteiger partial charge in [-0.05, 0) is 24.1 Å². The number of nitrogen functional groups attached to an aromatic ring is 2. The van der Waals surface area contributed by atoms with Crippen LogP contribution in [-0.2, 0) is 47.5 Å². The molecule has 3 saturated heterocycles. The summed E-state index contributed by atoms with van der Waals surface area (Å²) in [5.74, 6) is -0.314. The van der Waals surface area contributed by atoms with E-state index in [1.165, 1.54) is 10.9 Å². The summed E-state index contributed by atoms with van der Waals surface area (Å²) in [5.41, 5.74) is 11.5. The molecular weight excluding hydrogens is 872 g/mol. The Morgan fingerprint density at radius 3 is 2.44 bits per heavy atom. The number of ether oxygens (including phenoxy) is 4. The molecule has 2 unspecified atom stereocenters. The Balaban J connectivity index is 1.08. The highest BCUT2D eigenvalue weighted by molar-refractivity contribution is 8.56. The molecule has 2 bridgehead atoms. The number of halogens is 2. The largest absolute Gasteiger partial charge is 0.472 e. The summed E-state index contributed by atoms with van der Waals surface area (Å²) in [7, 11) is -5.26. The van der Waals surface area contributed by atoms with E-state index in [0.29, 0.717) is 17.7 Å². The number of fused-ring (bicyclic) bond motifs is 5. The number of esters is 1. The molecule has 3 aliphatic heterocycles. The maximum Gasteiger partial charge on any atom is 0.472 e. The number of benzene rings is 1. The smallest absolute Gasteiger partial charge is 0.427 e. The van der Waals surface area contributed by atoms with Gasteiger partial charge in [0.05, 0.1) is 25.9 Å². The number of aromatic amines is 1. The first-order valence-corrected chi connectivity index (χ1v) is 23.8. The highest BCUT2D eigenvalue weighted by Crippen LogP contribution is 2.62. The molecule has 27 heteroatoms. The molecule has 22 nitrogen and oxygen atoms in total. The van der Waals surface area contributed by atoms with Crippen molar-refractivity contribution >= 4 is 65.8 Å². The number of alkyl halides is 2. The number of nitrogens with one attached hydrogen (secondary N) is 1. The number of unbranched alkanes of at least 4 members (excludes halogenated alkanes) is 2. The summed E-state index contributed by atoms with van der Waals surface area (Å²) in [4.78, 5) is 58.3. The maximum absolute atomic E-state index is 16.6. The van der Waals surface area contributed by atoms with E-state index in [2.05, 4.69) is 29.9 Å². The minimum absolute atomic E-state index is 0.0133. The highest BCUT2D eigenvalue weighted by atomic mass is 32.7. The van der Waals surface area contributed by atoms with Gasteiger partial charge in [-0.1, -0.05) is 43.3 Å². The van der Waals surface area contributed by atoms with Crippen molar-refractivity contribution in [3.05, 3.63) is 59.2 Å². The number of nitrogens with two attached hydrogens (primary N) is 2. The normalized spacial score (nSPS) is 31.0. The first-order chi connectivity index (χ1) is 29.2. The van der Waals surface area contributed by atoms with Gasteiger partial charge in [0.15, 0.2) is 47.4 Å². The van der Waals surface area contributed by atoms with E-state index < -0.39 is 88.7 Å². The molecule has 5 aromatic rings. The van der Waals surface area contributed by atoms with Crippen molar-refractivity contribution in [2.24, 2.45) is 0 Å². The van der Waals surface area contributed by atoms with Crippen molar-refractivity contribution in [1.82, 2.24) is 39.0 Å². The summed E-state index contributed by atoms with van der Waals surface area (Å²) in [6, 6.07) is 6.47. The summed E-state index contributed by atoms with van der Waals surface area (Å²) in [5, 5.41) is 0. The molecule has 328 valence electrons. The fourth-order valence-corrected chi connectivity index (χ4v) is 11.2. The molecule has 0 saturated carbocycles. The van der Waals surface area contributed by atoms with Crippen LogP contribution in [0.3, 0.4) is 0 Å². The number of nitrogens with zero attached hydrogens (tertiary/aromatic N) is 7. The lowest BCUT2D eigenvalue weighted by molar-refractivity contribution is -0.134. The van der Waals surface area contributed by atoms with Gasteiger partial charge in [0, 0.05) is 12.2 Å². The van der Waals surface area contributed by atoms with E-state index in [1.807, 2.05) is 6.92 Å². The molecule has 0 aliphatic carbocycles. The third kappa shape index (κ3) is 9.22. The lowest BCUT2D eigenvalue weighted by atomic mass is 10.1. The van der Waals surface area contributed by atoms with Gasteiger partial charge in [-0.2, -0.15) is 4.98 Å². The van der Waals surface area contributed by atoms with Crippen LogP contribution in [0.2, 0.25) is 0 Å². The number of anilines is 2. The number of carbonyl (C=O) groups excluding carboxylic acids is 1. The van der Waals surface area contributed by atoms with Crippen LogP contribution >= 0.6 is 25.8 Å². The zero-order valence-electron chi connectivity index (χ0n) is 32.1. The molecule has 61 heavy (non-hydrogen) atoms. The van der Waals surface area contributed by atoms with Crippen molar-refractivity contribution in [3.8, 4) is 5.75 Å². The number of phosphoric ester groups is 1. The van der Waals surface area contributed by atoms with Crippen molar-refractivity contribution < 1.29 is 60.1 Å². The molecule has 1 aromatic carbocycles. The zero-order chi connectivity index (χ0) is 43.1. The fraction of sp³-hybridized carbons (Fsp3) is 0.500. The van der Waals surface area contributed by atoms with Gasteiger partial charge in [0.25, 0.3) is 12.1 Å². The molecule has 4 aromatic heterocycles. The number of rotatable bonds is 10. The van der Waals surface area contributed by atoms with Crippen LogP contribution in [0.5, 0.6) is 5.75 Å². The van der Waals surface area contributed by atoms with E-state index in [-0.39, 0.29) is 52.2 Å². The summed E-state index contributed by atoms with van der Waals surface area (Å²) in [6.07, 6.45) is -8.57. The van der Waals surface area contributed by atoms with Crippen LogP contribution in [0.4, 0.5) is 20.5 Å². The van der Waals surface area contributed by atoms with E-state index in [0.717, 1.165) is 41.4 Å². The number of H-pyrrole nitrogens is 1. The van der Waals surface area contributed by atoms with Gasteiger partial charge in [-0.3, -0.25) is 37.3 Å². The molecule has 0 spiro atoms. The monoisotopic (exact) mass is 912 g/mol. The minimum Gasteiger partial charge on any atom is -0.427 e. The molecular formula is C34H40F2N10O12P2S. The van der Waals surface area contributed by atoms with Gasteiger partial charge in [0.1, 0.15) is 48.4 Å². The predicted octanol–water partition coefficient (Wildman–Crippen LogP) is 4.08. The number of carbonyl (C=O) groups is 1. The van der Waals surface area contributed by atoms with Crippen molar-refractivity contribution in [2.45, 2.75) is 87.6 Å². The van der Waals surface area contributed by atoms with E-state index >= 15 is 8.78 Å². The third-order valence-corrected chi connectivity index (χ3v) is 15.1. The molecule has 3 fully saturated rings. The van der Waals surface area contributed by atoms with E-state index in [4.69, 9.17) is 44.0 Å². The Bertz CT molecular complexity index is 2550. The molecule has 0 amide bonds. The number of phosphoric acid groups is 1. The second kappa shape index (κ2) is 17.8. The number of hydrogen-bond acceptors (Lipinski definition) is 19. The third-order valence-electron chi connectivity index (χ3n) is 10.0. The molecule has 0 radical (unpaired) electrons. The SMILES string of the molecule is CCCCCC(=O)Oc1ccc(CSP2(=O)CO[C@H]3[C@@H](F)[C@H](n4cnc5c(N)ncnc54)O[C@@H]3COP(=O)(O)O[C@@H]3[C@H](F)[C@@H](CO2)O[C@H]3n2cnc3c(=O)[nH]c(N)nc32)cc1. The Morgan fingerprint density at radius 2 is 1.67 bits per heavy atom. The lowest BCUT2D eigenvalue weighted by Gasteiger charge is -2.26. The van der Waals surface area contributed by atoms with Crippen LogP contribution in [-0.4, -0.2) is 106 Å². The van der Waals surface area contributed by atoms with Crippen LogP contribution in [0.25, 0.3) is 22.3 Å². The van der Waals surface area contributed by atoms with E-state index in [9.17, 15) is 23.6 Å². The minimum atomic E-state index is -5.26. The highest BCUT2D eigenvalue weighted by Gasteiger charge is 2.54. The second-order valence-corrected chi connectivity index (χ2v) is 20.4. The molecule has 7 heterocycles. The van der Waals surface area contributed by atoms with Crippen molar-refractivity contribution in [2.75, 3.05) is 31.0 Å². The quantitative estimate of drug-likeness (QED) is 0.0664. The Kier molecular flexibility index (Phi) is 12.6. The molecule has 3 aliphatic rings. The lowest BCUT2D eigenvalue weighted by Crippen LogP contribution is -2.36. The van der Waals surface area contributed by atoms with Gasteiger partial charge in [-0.25, -0.2) is 33.3 Å². The van der Waals surface area contributed by atoms with Gasteiger partial charge in [-0.15, -0.1) is 0 Å². The van der Waals surface area contributed by atoms with Gasteiger partial charge >= 0.3 is 13.8 Å². The maximum atomic E-state index is 16.6. The van der Waals surface area contributed by atoms with Gasteiger partial charge in [0.2, 0.25) is 5.95 Å². The molecule has 8 rings (SSSR count). The van der Waals surface area contributed by atoms with Crippen LogP contribution in [0, 0.1) is 0 Å². The van der Waals surface area contributed by atoms with Crippen molar-refractivity contribution in [1.29, 1.82) is 0 Å². The molecule has 6 N–H and O–H groups in total. The summed E-state index contributed by atoms with van der Waals surface area (Å²) < 4.78 is 104. The second-order valence-electron chi connectivity index (χ2n) is 14.2. The average molecular weight is 913 g/mol. The topological polar surface area (TPSA) is 295 Å². The average Bonchev–Trinajstić information content (AvgIpc) is 3.99. The first kappa shape index (κ1) is 43.2. The zero-order valence-corrected chi connectivity index (χ0v) is 34.7. The van der Waals surface area contributed by atoms with Gasteiger partial charge < -0.3 is 39.8 Å². The van der Waals surface area contributed by atoms with Crippen LogP contribution in [0.15, 0.2) is 48.0 Å². The van der Waals surface area contributed by atoms with E-state index in [1.54, 1.807) is 24.3 Å². The number of aromatic nitrogens is 8. The first-order valence-electron chi connectivity index (χ1n) is 18.9. The van der Waals surface area contributed by atoms with Crippen LogP contribution < -0.4 is 21.8 Å². The van der Waals surface area contributed by atoms with Crippen LogP contribution in [0.1, 0.15) is 50.6 Å². The fourth-order valence-electron chi connectivity index (χ4n) is 6.96. The summed E-state index contributed by atoms with van der Waals surface area (Å²) >= 11 is 0.803. The summed E-state index contributed by atoms with van der Waals surface area (Å²) in [6.45, 7) is -3.68. The number of hydrogen-bond donors (Lipinski definition) is 4. The standard InChI is InChI=1S/C34H40F2N10O12P2S/c1-2-3-4-5-21(47)55-18-8-6-17(7-9-18)12-61-59(49)16-52-26-20(57-32(23(26)36)45-14-41-24-28(37)39-13-40-29(24)45)11-54-60(50,51)58-27-22(35)19(10-53-59)56-33(27)46-15-42-25-30(46)43-34(38)44-31(25)48/h6-9,13-15,19-20,22-23,26-27,32-33H,2-5,10-12,16H2,1H3,(H,50,51)(H2,37,39,40)(H3,38,43,44,48)/t19-,20-,22-,23-,26-,27-,32-,33-,59?/m1/s1. The Hall–Kier alpha value is -4.42. The number of imidazole rings is 2. The predicted molar refractivity (Wildman–Crippen MR) is 211 cm³/mol. The Morgan fingerprint density at radius 1 is 0.951 bits per heavy atom. The van der Waals surface area contributed by atoms with Crippen molar-refractivity contribution in [3.63, 3.8) is 0 Å².